The highest BCUT2D eigenvalue weighted by Crippen LogP contribution is 2.32. The summed E-state index contributed by atoms with van der Waals surface area (Å²) >= 11 is 0. The summed E-state index contributed by atoms with van der Waals surface area (Å²) in [5.41, 5.74) is 4.50. The zero-order chi connectivity index (χ0) is 15.5. The Kier molecular flexibility index (Phi) is 4.62. The Hall–Kier alpha value is -1.89. The van der Waals surface area contributed by atoms with Crippen LogP contribution in [0, 0.1) is 5.92 Å². The molecular weight excluding hydrogens is 272 g/mol. The zero-order valence-electron chi connectivity index (χ0n) is 12.2. The Morgan fingerprint density at radius 1 is 1.52 bits per heavy atom. The maximum atomic E-state index is 12.2. The number of nitrogens with one attached hydrogen (secondary N) is 1. The van der Waals surface area contributed by atoms with Crippen molar-refractivity contribution < 1.29 is 14.7 Å². The Labute approximate surface area is 123 Å². The molecule has 0 spiro atoms. The molecule has 0 saturated heterocycles. The molecular formula is C14H22N4O3. The molecule has 0 aromatic carbocycles. The van der Waals surface area contributed by atoms with Crippen molar-refractivity contribution in [3.63, 3.8) is 0 Å². The smallest absolute Gasteiger partial charge is 0.329 e. The van der Waals surface area contributed by atoms with Crippen molar-refractivity contribution in [1.82, 2.24) is 14.9 Å². The van der Waals surface area contributed by atoms with E-state index in [2.05, 4.69) is 17.2 Å². The zero-order valence-corrected chi connectivity index (χ0v) is 12.2. The molecule has 0 bridgehead atoms. The number of carboxylic acids is 1. The molecule has 1 amide bonds. The van der Waals surface area contributed by atoms with Crippen LogP contribution in [0.25, 0.3) is 0 Å². The molecule has 1 aliphatic rings. The van der Waals surface area contributed by atoms with Gasteiger partial charge in [0.2, 0.25) is 0 Å². The maximum Gasteiger partial charge on any atom is 0.329 e. The van der Waals surface area contributed by atoms with Gasteiger partial charge in [-0.25, -0.2) is 9.78 Å². The van der Waals surface area contributed by atoms with Crippen LogP contribution in [0.15, 0.2) is 12.5 Å². The summed E-state index contributed by atoms with van der Waals surface area (Å²) in [6.45, 7) is 3.12. The van der Waals surface area contributed by atoms with E-state index < -0.39 is 17.4 Å². The molecule has 1 heterocycles. The van der Waals surface area contributed by atoms with Gasteiger partial charge in [-0.2, -0.15) is 0 Å². The van der Waals surface area contributed by atoms with Crippen molar-refractivity contribution in [2.75, 3.05) is 6.54 Å². The second-order valence-electron chi connectivity index (χ2n) is 5.81. The second-order valence-corrected chi connectivity index (χ2v) is 5.81. The van der Waals surface area contributed by atoms with Crippen molar-refractivity contribution >= 4 is 11.9 Å². The SMILES string of the molecule is CC1CCC(NC(=O)c2cn(CCN)cn2)(C(=O)O)CC1. The average molecular weight is 294 g/mol. The van der Waals surface area contributed by atoms with Gasteiger partial charge in [-0.1, -0.05) is 6.92 Å². The molecule has 0 atom stereocenters. The van der Waals surface area contributed by atoms with Gasteiger partial charge in [-0.3, -0.25) is 4.79 Å². The fourth-order valence-electron chi connectivity index (χ4n) is 2.68. The van der Waals surface area contributed by atoms with E-state index >= 15 is 0 Å². The number of hydrogen-bond acceptors (Lipinski definition) is 4. The number of carbonyl (C=O) groups excluding carboxylic acids is 1. The fraction of sp³-hybridized carbons (Fsp3) is 0.643. The van der Waals surface area contributed by atoms with Crippen molar-refractivity contribution in [1.29, 1.82) is 0 Å². The third-order valence-corrected chi connectivity index (χ3v) is 4.14. The van der Waals surface area contributed by atoms with Gasteiger partial charge in [-0.15, -0.1) is 0 Å². The Bertz CT molecular complexity index is 518. The van der Waals surface area contributed by atoms with Gasteiger partial charge >= 0.3 is 5.97 Å². The molecule has 1 aromatic heterocycles. The fourth-order valence-corrected chi connectivity index (χ4v) is 2.68. The number of nitrogens with two attached hydrogens (primary N) is 1. The topological polar surface area (TPSA) is 110 Å². The highest BCUT2D eigenvalue weighted by Gasteiger charge is 2.42. The van der Waals surface area contributed by atoms with Crippen molar-refractivity contribution in [2.24, 2.45) is 11.7 Å². The molecule has 1 aliphatic carbocycles. The van der Waals surface area contributed by atoms with Crippen LogP contribution < -0.4 is 11.1 Å². The summed E-state index contributed by atoms with van der Waals surface area (Å²) in [6.07, 6.45) is 5.63. The summed E-state index contributed by atoms with van der Waals surface area (Å²) in [4.78, 5) is 27.8. The molecule has 7 heteroatoms. The van der Waals surface area contributed by atoms with Crippen LogP contribution in [0.3, 0.4) is 0 Å². The predicted molar refractivity (Wildman–Crippen MR) is 76.7 cm³/mol. The largest absolute Gasteiger partial charge is 0.480 e. The third-order valence-electron chi connectivity index (χ3n) is 4.14. The van der Waals surface area contributed by atoms with Crippen LogP contribution in [0.4, 0.5) is 0 Å². The first-order chi connectivity index (χ1) is 9.97. The van der Waals surface area contributed by atoms with Gasteiger partial charge in [-0.05, 0) is 31.6 Å². The van der Waals surface area contributed by atoms with Gasteiger partial charge in [0.1, 0.15) is 11.2 Å². The van der Waals surface area contributed by atoms with Crippen LogP contribution in [0.2, 0.25) is 0 Å². The molecule has 7 nitrogen and oxygen atoms in total. The lowest BCUT2D eigenvalue weighted by Crippen LogP contribution is -2.56. The predicted octanol–water partition coefficient (Wildman–Crippen LogP) is 0.605. The minimum atomic E-state index is -1.17. The first kappa shape index (κ1) is 15.5. The highest BCUT2D eigenvalue weighted by atomic mass is 16.4. The molecule has 1 fully saturated rings. The van der Waals surface area contributed by atoms with Crippen LogP contribution >= 0.6 is 0 Å². The number of amides is 1. The monoisotopic (exact) mass is 294 g/mol. The molecule has 116 valence electrons. The summed E-state index contributed by atoms with van der Waals surface area (Å²) < 4.78 is 1.71. The van der Waals surface area contributed by atoms with Crippen molar-refractivity contribution in [3.8, 4) is 0 Å². The van der Waals surface area contributed by atoms with Crippen LogP contribution in [0.1, 0.15) is 43.1 Å². The highest BCUT2D eigenvalue weighted by molar-refractivity contribution is 5.96. The van der Waals surface area contributed by atoms with E-state index in [-0.39, 0.29) is 5.69 Å². The van der Waals surface area contributed by atoms with E-state index in [0.29, 0.717) is 31.8 Å². The van der Waals surface area contributed by atoms with E-state index in [1.54, 1.807) is 10.8 Å². The van der Waals surface area contributed by atoms with E-state index in [0.717, 1.165) is 12.8 Å². The lowest BCUT2D eigenvalue weighted by molar-refractivity contribution is -0.146. The average Bonchev–Trinajstić information content (AvgIpc) is 2.90. The molecule has 2 rings (SSSR count). The third kappa shape index (κ3) is 3.41. The van der Waals surface area contributed by atoms with Gasteiger partial charge in [0.05, 0.1) is 6.33 Å². The lowest BCUT2D eigenvalue weighted by atomic mass is 9.77. The lowest BCUT2D eigenvalue weighted by Gasteiger charge is -2.36. The molecule has 1 saturated carbocycles. The first-order valence-corrected chi connectivity index (χ1v) is 7.24. The summed E-state index contributed by atoms with van der Waals surface area (Å²) in [5, 5.41) is 12.2. The number of carbonyl (C=O) groups is 2. The van der Waals surface area contributed by atoms with Gasteiger partial charge in [0.15, 0.2) is 0 Å². The molecule has 0 unspecified atom stereocenters. The van der Waals surface area contributed by atoms with E-state index in [4.69, 9.17) is 5.73 Å². The number of hydrogen-bond donors (Lipinski definition) is 3. The first-order valence-electron chi connectivity index (χ1n) is 7.24. The standard InChI is InChI=1S/C14H22N4O3/c1-10-2-4-14(5-3-10,13(20)21)17-12(19)11-8-18(7-6-15)9-16-11/h8-10H,2-7,15H2,1H3,(H,17,19)(H,20,21). The van der Waals surface area contributed by atoms with Gasteiger partial charge < -0.3 is 20.7 Å². The number of aliphatic carboxylic acids is 1. The number of aromatic nitrogens is 2. The van der Waals surface area contributed by atoms with Crippen LogP contribution in [-0.2, 0) is 11.3 Å². The van der Waals surface area contributed by atoms with Crippen molar-refractivity contribution in [3.05, 3.63) is 18.2 Å². The van der Waals surface area contributed by atoms with E-state index in [1.165, 1.54) is 6.33 Å². The molecule has 0 aliphatic heterocycles. The maximum absolute atomic E-state index is 12.2. The number of nitrogens with zero attached hydrogens (tertiary/aromatic N) is 2. The van der Waals surface area contributed by atoms with E-state index in [9.17, 15) is 14.7 Å². The minimum absolute atomic E-state index is 0.225. The number of imidazole rings is 1. The number of rotatable bonds is 5. The number of carboxylic acid groups (broad SMARTS) is 1. The van der Waals surface area contributed by atoms with Crippen LogP contribution in [0.5, 0.6) is 0 Å². The molecule has 1 aromatic rings. The Morgan fingerprint density at radius 3 is 2.76 bits per heavy atom. The summed E-state index contributed by atoms with van der Waals surface area (Å²) in [6, 6.07) is 0. The normalized spacial score (nSPS) is 25.5. The summed E-state index contributed by atoms with van der Waals surface area (Å²) in [5.74, 6) is -0.912. The van der Waals surface area contributed by atoms with Gasteiger partial charge in [0, 0.05) is 19.3 Å². The van der Waals surface area contributed by atoms with E-state index in [1.807, 2.05) is 0 Å². The summed E-state index contributed by atoms with van der Waals surface area (Å²) in [7, 11) is 0. The van der Waals surface area contributed by atoms with Gasteiger partial charge in [0.25, 0.3) is 5.91 Å². The Morgan fingerprint density at radius 2 is 2.19 bits per heavy atom. The van der Waals surface area contributed by atoms with Crippen molar-refractivity contribution in [2.45, 2.75) is 44.7 Å². The molecule has 21 heavy (non-hydrogen) atoms. The molecule has 4 N–H and O–H groups in total. The van der Waals surface area contributed by atoms with Crippen LogP contribution in [-0.4, -0.2) is 38.6 Å². The Balaban J connectivity index is 2.09. The molecule has 0 radical (unpaired) electrons. The second kappa shape index (κ2) is 6.26. The minimum Gasteiger partial charge on any atom is -0.480 e. The quantitative estimate of drug-likeness (QED) is 0.736.